The molecule has 2 nitrogen and oxygen atoms in total. The Bertz CT molecular complexity index is 2050. The maximum Gasteiger partial charge on any atom is 0.0517 e. The zero-order valence-electron chi connectivity index (χ0n) is 28.8. The minimum atomic E-state index is 0.315. The molecule has 1 N–H and O–H groups in total. The summed E-state index contributed by atoms with van der Waals surface area (Å²) in [6.45, 7) is 0. The molecule has 0 aromatic heterocycles. The number of nitrogens with one attached hydrogen (secondary N) is 1. The average molecular weight is 651 g/mol. The van der Waals surface area contributed by atoms with Crippen molar-refractivity contribution in [3.63, 3.8) is 0 Å². The van der Waals surface area contributed by atoms with Gasteiger partial charge in [-0.1, -0.05) is 134 Å². The van der Waals surface area contributed by atoms with Gasteiger partial charge in [-0.3, -0.25) is 0 Å². The van der Waals surface area contributed by atoms with Gasteiger partial charge in [0.2, 0.25) is 0 Å². The lowest BCUT2D eigenvalue weighted by molar-refractivity contribution is 0.492. The Morgan fingerprint density at radius 1 is 0.640 bits per heavy atom. The molecule has 0 radical (unpaired) electrons. The van der Waals surface area contributed by atoms with Crippen LogP contribution in [0.3, 0.4) is 0 Å². The zero-order chi connectivity index (χ0) is 33.3. The number of rotatable bonds is 7. The number of para-hydroxylation sites is 2. The maximum absolute atomic E-state index is 3.92. The summed E-state index contributed by atoms with van der Waals surface area (Å²) in [7, 11) is 0. The second kappa shape index (κ2) is 13.7. The molecule has 0 saturated heterocycles. The van der Waals surface area contributed by atoms with Crippen molar-refractivity contribution in [3.8, 4) is 11.1 Å². The number of anilines is 3. The van der Waals surface area contributed by atoms with E-state index < -0.39 is 0 Å². The Labute approximate surface area is 298 Å². The summed E-state index contributed by atoms with van der Waals surface area (Å²) < 4.78 is 0. The standard InChI is InChI=1S/C48H46N2/c1-3-13-34(14-4-1)36-25-29-40(30-26-36)49-46-23-9-7-19-42(46)38-17-11-18-39(33-38)43-21-12-22-45-44-20-8-10-24-47(44)50(48(43)45)41-31-27-37(28-32-41)35-15-5-2-6-16-35/h3,5,7-20,22-25,27-29,31-33,36,40,43,45,48-49H,1-2,4,6,21,26,30H2. The third kappa shape index (κ3) is 5.92. The molecule has 5 unspecified atom stereocenters. The minimum Gasteiger partial charge on any atom is -0.378 e. The molecule has 5 aliphatic rings. The number of nitrogens with zero attached hydrogens (tertiary/aromatic N) is 1. The van der Waals surface area contributed by atoms with Gasteiger partial charge in [0.25, 0.3) is 0 Å². The van der Waals surface area contributed by atoms with Crippen molar-refractivity contribution >= 4 is 22.6 Å². The molecule has 0 bridgehead atoms. The smallest absolute Gasteiger partial charge is 0.0517 e. The third-order valence-corrected chi connectivity index (χ3v) is 11.6. The van der Waals surface area contributed by atoms with Gasteiger partial charge in [-0.05, 0) is 103 Å². The first-order valence-corrected chi connectivity index (χ1v) is 18.8. The molecule has 0 saturated carbocycles. The lowest BCUT2D eigenvalue weighted by Crippen LogP contribution is -2.37. The van der Waals surface area contributed by atoms with Crippen LogP contribution in [0.1, 0.15) is 73.5 Å². The van der Waals surface area contributed by atoms with Gasteiger partial charge in [0.05, 0.1) is 6.04 Å². The van der Waals surface area contributed by atoms with Gasteiger partial charge in [-0.25, -0.2) is 0 Å². The molecule has 0 fully saturated rings. The normalized spacial score (nSPS) is 25.1. The van der Waals surface area contributed by atoms with Gasteiger partial charge in [-0.15, -0.1) is 0 Å². The highest BCUT2D eigenvalue weighted by molar-refractivity contribution is 5.80. The Hall–Kier alpha value is -5.08. The predicted octanol–water partition coefficient (Wildman–Crippen LogP) is 12.5. The van der Waals surface area contributed by atoms with Crippen LogP contribution < -0.4 is 10.2 Å². The fourth-order valence-electron chi connectivity index (χ4n) is 9.06. The van der Waals surface area contributed by atoms with Gasteiger partial charge in [0, 0.05) is 46.4 Å². The molecule has 4 aromatic rings. The van der Waals surface area contributed by atoms with E-state index in [9.17, 15) is 0 Å². The topological polar surface area (TPSA) is 15.3 Å². The average Bonchev–Trinajstić information content (AvgIpc) is 3.54. The van der Waals surface area contributed by atoms with E-state index in [4.69, 9.17) is 0 Å². The first-order chi connectivity index (χ1) is 24.8. The van der Waals surface area contributed by atoms with Crippen LogP contribution in [-0.2, 0) is 0 Å². The quantitative estimate of drug-likeness (QED) is 0.200. The molecular formula is C48H46N2. The first kappa shape index (κ1) is 30.9. The van der Waals surface area contributed by atoms with Gasteiger partial charge >= 0.3 is 0 Å². The van der Waals surface area contributed by atoms with E-state index in [1.54, 1.807) is 0 Å². The molecule has 1 aliphatic heterocycles. The van der Waals surface area contributed by atoms with Crippen molar-refractivity contribution in [3.05, 3.63) is 180 Å². The van der Waals surface area contributed by atoms with Crippen molar-refractivity contribution in [1.29, 1.82) is 0 Å². The largest absolute Gasteiger partial charge is 0.378 e. The summed E-state index contributed by atoms with van der Waals surface area (Å²) in [5.74, 6) is 1.27. The molecule has 2 heteroatoms. The highest BCUT2D eigenvalue weighted by Crippen LogP contribution is 2.53. The van der Waals surface area contributed by atoms with Crippen LogP contribution in [0.25, 0.3) is 16.7 Å². The minimum absolute atomic E-state index is 0.315. The van der Waals surface area contributed by atoms with E-state index in [0.717, 1.165) is 25.7 Å². The summed E-state index contributed by atoms with van der Waals surface area (Å²) >= 11 is 0. The Morgan fingerprint density at radius 3 is 2.30 bits per heavy atom. The predicted molar refractivity (Wildman–Crippen MR) is 212 cm³/mol. The fraction of sp³-hybridized carbons (Fsp3) is 0.250. The Morgan fingerprint density at radius 2 is 1.48 bits per heavy atom. The van der Waals surface area contributed by atoms with Crippen molar-refractivity contribution in [2.75, 3.05) is 10.2 Å². The van der Waals surface area contributed by atoms with Crippen LogP contribution in [0.15, 0.2) is 163 Å². The third-order valence-electron chi connectivity index (χ3n) is 11.6. The number of hydrogen-bond donors (Lipinski definition) is 1. The van der Waals surface area contributed by atoms with Gasteiger partial charge in [0.1, 0.15) is 0 Å². The second-order valence-electron chi connectivity index (χ2n) is 14.6. The van der Waals surface area contributed by atoms with Crippen molar-refractivity contribution < 1.29 is 0 Å². The van der Waals surface area contributed by atoms with E-state index in [0.29, 0.717) is 29.8 Å². The number of fused-ring (bicyclic) bond motifs is 3. The van der Waals surface area contributed by atoms with Crippen molar-refractivity contribution in [1.82, 2.24) is 0 Å². The highest BCUT2D eigenvalue weighted by atomic mass is 15.2. The lowest BCUT2D eigenvalue weighted by Gasteiger charge is -2.38. The van der Waals surface area contributed by atoms with Crippen LogP contribution in [0.4, 0.5) is 17.1 Å². The Kier molecular flexibility index (Phi) is 8.46. The molecule has 248 valence electrons. The van der Waals surface area contributed by atoms with E-state index in [2.05, 4.69) is 168 Å². The molecule has 9 rings (SSSR count). The monoisotopic (exact) mass is 650 g/mol. The maximum atomic E-state index is 3.92. The van der Waals surface area contributed by atoms with E-state index in [1.165, 1.54) is 75.3 Å². The van der Waals surface area contributed by atoms with Crippen molar-refractivity contribution in [2.45, 2.75) is 68.9 Å². The molecule has 50 heavy (non-hydrogen) atoms. The van der Waals surface area contributed by atoms with Crippen LogP contribution in [0.2, 0.25) is 0 Å². The van der Waals surface area contributed by atoms with Crippen molar-refractivity contribution in [2.24, 2.45) is 5.92 Å². The SMILES string of the molecule is C1=CC(c2ccc(N3c4ccccc4C4C=CCC(c5cccc(-c6ccccc6NC6C=CC(C7=CCCC=C7)CC6)c5)C43)cc2)=CCC1. The molecule has 1 heterocycles. The number of hydrogen-bond acceptors (Lipinski definition) is 2. The highest BCUT2D eigenvalue weighted by Gasteiger charge is 2.44. The summed E-state index contributed by atoms with van der Waals surface area (Å²) in [5.41, 5.74) is 13.4. The van der Waals surface area contributed by atoms with E-state index >= 15 is 0 Å². The summed E-state index contributed by atoms with van der Waals surface area (Å²) in [5, 5.41) is 3.92. The molecule has 4 aliphatic carbocycles. The lowest BCUT2D eigenvalue weighted by atomic mass is 9.76. The van der Waals surface area contributed by atoms with Crippen LogP contribution in [-0.4, -0.2) is 12.1 Å². The summed E-state index contributed by atoms with van der Waals surface area (Å²) in [6, 6.07) is 37.3. The number of benzene rings is 4. The van der Waals surface area contributed by atoms with E-state index in [-0.39, 0.29) is 0 Å². The second-order valence-corrected chi connectivity index (χ2v) is 14.6. The van der Waals surface area contributed by atoms with Crippen LogP contribution in [0.5, 0.6) is 0 Å². The zero-order valence-corrected chi connectivity index (χ0v) is 28.8. The van der Waals surface area contributed by atoms with E-state index in [1.807, 2.05) is 0 Å². The van der Waals surface area contributed by atoms with Gasteiger partial charge in [-0.2, -0.15) is 0 Å². The Balaban J connectivity index is 1.01. The molecule has 4 aromatic carbocycles. The molecule has 5 atom stereocenters. The molecular weight excluding hydrogens is 605 g/mol. The number of allylic oxidation sites excluding steroid dienone is 10. The van der Waals surface area contributed by atoms with Crippen LogP contribution >= 0.6 is 0 Å². The fourth-order valence-corrected chi connectivity index (χ4v) is 9.06. The van der Waals surface area contributed by atoms with Gasteiger partial charge < -0.3 is 10.2 Å². The molecule has 0 amide bonds. The van der Waals surface area contributed by atoms with Gasteiger partial charge in [0.15, 0.2) is 0 Å². The first-order valence-electron chi connectivity index (χ1n) is 18.8. The summed E-state index contributed by atoms with van der Waals surface area (Å²) in [4.78, 5) is 2.65. The molecule has 0 spiro atoms. The van der Waals surface area contributed by atoms with Crippen LogP contribution in [0, 0.1) is 5.92 Å². The summed E-state index contributed by atoms with van der Waals surface area (Å²) in [6.07, 6.45) is 31.8.